The lowest BCUT2D eigenvalue weighted by Crippen LogP contribution is -2.44. The minimum atomic E-state index is -1.06. The molecule has 0 saturated heterocycles. The van der Waals surface area contributed by atoms with E-state index in [9.17, 15) is 19.5 Å². The van der Waals surface area contributed by atoms with Gasteiger partial charge in [0.05, 0.1) is 0 Å². The van der Waals surface area contributed by atoms with Crippen molar-refractivity contribution in [3.63, 3.8) is 0 Å². The molecule has 4 rings (SSSR count). The second-order valence-electron chi connectivity index (χ2n) is 8.79. The molecule has 0 saturated carbocycles. The monoisotopic (exact) mass is 491 g/mol. The summed E-state index contributed by atoms with van der Waals surface area (Å²) in [6, 6.07) is 18.8. The Morgan fingerprint density at radius 3 is 2.17 bits per heavy atom. The number of benzene rings is 3. The number of carbonyl (C=O) groups is 3. The summed E-state index contributed by atoms with van der Waals surface area (Å²) >= 11 is 6.05. The molecule has 180 valence electrons. The lowest BCUT2D eigenvalue weighted by molar-refractivity contribution is -0.140. The van der Waals surface area contributed by atoms with Crippen LogP contribution in [0.3, 0.4) is 0 Å². The maximum absolute atomic E-state index is 12.8. The van der Waals surface area contributed by atoms with Crippen molar-refractivity contribution in [2.75, 3.05) is 16.8 Å². The van der Waals surface area contributed by atoms with Crippen LogP contribution in [0.25, 0.3) is 11.1 Å². The van der Waals surface area contributed by atoms with Gasteiger partial charge in [0.15, 0.2) is 0 Å². The van der Waals surface area contributed by atoms with Gasteiger partial charge in [0.1, 0.15) is 6.04 Å². The third-order valence-corrected chi connectivity index (χ3v) is 6.25. The quantitative estimate of drug-likeness (QED) is 0.427. The molecule has 1 atom stereocenters. The second-order valence-corrected chi connectivity index (χ2v) is 9.23. The van der Waals surface area contributed by atoms with E-state index in [1.165, 1.54) is 0 Å². The van der Waals surface area contributed by atoms with E-state index in [0.29, 0.717) is 22.8 Å². The average Bonchev–Trinajstić information content (AvgIpc) is 3.25. The Morgan fingerprint density at radius 2 is 1.57 bits per heavy atom. The van der Waals surface area contributed by atoms with Gasteiger partial charge in [-0.3, -0.25) is 9.69 Å². The summed E-state index contributed by atoms with van der Waals surface area (Å²) < 4.78 is 0. The van der Waals surface area contributed by atoms with E-state index < -0.39 is 17.9 Å². The van der Waals surface area contributed by atoms with Crippen LogP contribution < -0.4 is 15.5 Å². The lowest BCUT2D eigenvalue weighted by Gasteiger charge is -2.18. The second kappa shape index (κ2) is 10.2. The van der Waals surface area contributed by atoms with Crippen LogP contribution in [0.4, 0.5) is 16.2 Å². The molecule has 0 radical (unpaired) electrons. The summed E-state index contributed by atoms with van der Waals surface area (Å²) in [5, 5.41) is 15.4. The highest BCUT2D eigenvalue weighted by Gasteiger charge is 2.25. The van der Waals surface area contributed by atoms with E-state index in [1.54, 1.807) is 49.1 Å². The molecule has 35 heavy (non-hydrogen) atoms. The molecule has 8 heteroatoms. The van der Waals surface area contributed by atoms with Crippen molar-refractivity contribution in [2.45, 2.75) is 26.3 Å². The maximum Gasteiger partial charge on any atom is 0.326 e. The van der Waals surface area contributed by atoms with Crippen molar-refractivity contribution in [3.05, 3.63) is 82.9 Å². The third-order valence-electron chi connectivity index (χ3n) is 6.02. The van der Waals surface area contributed by atoms with Crippen LogP contribution in [0.1, 0.15) is 29.8 Å². The number of carbonyl (C=O) groups excluding carboxylic acids is 2. The topological polar surface area (TPSA) is 98.7 Å². The molecule has 0 fully saturated rings. The molecule has 0 spiro atoms. The molecule has 1 heterocycles. The predicted molar refractivity (Wildman–Crippen MR) is 137 cm³/mol. The molecule has 1 aliphatic rings. The van der Waals surface area contributed by atoms with Gasteiger partial charge in [-0.2, -0.15) is 0 Å². The number of hydrogen-bond donors (Lipinski definition) is 3. The van der Waals surface area contributed by atoms with Gasteiger partial charge in [-0.05, 0) is 71.5 Å². The van der Waals surface area contributed by atoms with Gasteiger partial charge >= 0.3 is 12.0 Å². The minimum absolute atomic E-state index is 0.199. The molecular weight excluding hydrogens is 466 g/mol. The SMILES string of the molecule is CC(C)C(NC(=O)c1ccc(-c2ccc(NC(=O)N3CCc4cc(Cl)ccc43)cc2)cc1)C(=O)O. The van der Waals surface area contributed by atoms with E-state index in [0.717, 1.165) is 28.8 Å². The standard InChI is InChI=1S/C27H26ClN3O4/c1-16(2)24(26(33)34)30-25(32)19-5-3-17(4-6-19)18-7-10-22(11-8-18)29-27(35)31-14-13-20-15-21(28)9-12-23(20)31/h3-12,15-16,24H,13-14H2,1-2H3,(H,29,35)(H,30,32)(H,33,34). The van der Waals surface area contributed by atoms with E-state index in [1.807, 2.05) is 36.4 Å². The van der Waals surface area contributed by atoms with Crippen molar-refractivity contribution < 1.29 is 19.5 Å². The van der Waals surface area contributed by atoms with Crippen LogP contribution in [0, 0.1) is 5.92 Å². The fraction of sp³-hybridized carbons (Fsp3) is 0.222. The molecule has 3 N–H and O–H groups in total. The Labute approximate surface area is 208 Å². The molecule has 1 aliphatic heterocycles. The summed E-state index contributed by atoms with van der Waals surface area (Å²) in [4.78, 5) is 38.3. The Kier molecular flexibility index (Phi) is 7.07. The summed E-state index contributed by atoms with van der Waals surface area (Å²) in [5.74, 6) is -1.72. The molecule has 1 unspecified atom stereocenters. The number of rotatable bonds is 6. The van der Waals surface area contributed by atoms with Gasteiger partial charge in [-0.1, -0.05) is 49.7 Å². The lowest BCUT2D eigenvalue weighted by atomic mass is 10.0. The number of amides is 3. The van der Waals surface area contributed by atoms with Crippen molar-refractivity contribution in [3.8, 4) is 11.1 Å². The largest absolute Gasteiger partial charge is 0.480 e. The fourth-order valence-corrected chi connectivity index (χ4v) is 4.27. The van der Waals surface area contributed by atoms with E-state index in [-0.39, 0.29) is 11.9 Å². The molecule has 0 aromatic heterocycles. The smallest absolute Gasteiger partial charge is 0.326 e. The molecular formula is C27H26ClN3O4. The van der Waals surface area contributed by atoms with Crippen LogP contribution in [-0.2, 0) is 11.2 Å². The highest BCUT2D eigenvalue weighted by molar-refractivity contribution is 6.30. The van der Waals surface area contributed by atoms with Crippen LogP contribution in [0.15, 0.2) is 66.7 Å². The average molecular weight is 492 g/mol. The van der Waals surface area contributed by atoms with Crippen molar-refractivity contribution in [1.29, 1.82) is 0 Å². The number of aliphatic carboxylic acids is 1. The first kappa shape index (κ1) is 24.3. The first-order valence-electron chi connectivity index (χ1n) is 11.3. The van der Waals surface area contributed by atoms with Gasteiger partial charge in [-0.25, -0.2) is 9.59 Å². The number of anilines is 2. The predicted octanol–water partition coefficient (Wildman–Crippen LogP) is 5.44. The first-order chi connectivity index (χ1) is 16.7. The normalized spacial score (nSPS) is 13.3. The minimum Gasteiger partial charge on any atom is -0.480 e. The Hall–Kier alpha value is -3.84. The van der Waals surface area contributed by atoms with Crippen LogP contribution in [-0.4, -0.2) is 35.6 Å². The Bertz CT molecular complexity index is 1260. The number of carboxylic acids is 1. The zero-order chi connectivity index (χ0) is 25.1. The highest BCUT2D eigenvalue weighted by Crippen LogP contribution is 2.31. The van der Waals surface area contributed by atoms with E-state index in [2.05, 4.69) is 10.6 Å². The van der Waals surface area contributed by atoms with Crippen LogP contribution in [0.5, 0.6) is 0 Å². The summed E-state index contributed by atoms with van der Waals surface area (Å²) in [5.41, 5.74) is 4.80. The van der Waals surface area contributed by atoms with Gasteiger partial charge in [0.25, 0.3) is 5.91 Å². The molecule has 7 nitrogen and oxygen atoms in total. The number of nitrogens with zero attached hydrogens (tertiary/aromatic N) is 1. The van der Waals surface area contributed by atoms with Gasteiger partial charge in [-0.15, -0.1) is 0 Å². The molecule has 3 amide bonds. The van der Waals surface area contributed by atoms with Crippen molar-refractivity contribution in [1.82, 2.24) is 5.32 Å². The number of urea groups is 1. The van der Waals surface area contributed by atoms with Gasteiger partial charge < -0.3 is 15.7 Å². The molecule has 0 bridgehead atoms. The number of halogens is 1. The van der Waals surface area contributed by atoms with Crippen LogP contribution >= 0.6 is 11.6 Å². The van der Waals surface area contributed by atoms with Crippen molar-refractivity contribution in [2.24, 2.45) is 5.92 Å². The molecule has 3 aromatic rings. The zero-order valence-electron chi connectivity index (χ0n) is 19.4. The summed E-state index contributed by atoms with van der Waals surface area (Å²) in [6.45, 7) is 4.09. The number of nitrogens with one attached hydrogen (secondary N) is 2. The van der Waals surface area contributed by atoms with Crippen molar-refractivity contribution >= 4 is 40.9 Å². The summed E-state index contributed by atoms with van der Waals surface area (Å²) in [6.07, 6.45) is 0.769. The number of fused-ring (bicyclic) bond motifs is 1. The maximum atomic E-state index is 12.8. The molecule has 0 aliphatic carbocycles. The number of carboxylic acid groups (broad SMARTS) is 1. The Balaban J connectivity index is 1.40. The van der Waals surface area contributed by atoms with Gasteiger partial charge in [0.2, 0.25) is 0 Å². The van der Waals surface area contributed by atoms with E-state index in [4.69, 9.17) is 11.6 Å². The zero-order valence-corrected chi connectivity index (χ0v) is 20.2. The first-order valence-corrected chi connectivity index (χ1v) is 11.7. The number of hydrogen-bond acceptors (Lipinski definition) is 3. The van der Waals surface area contributed by atoms with Crippen LogP contribution in [0.2, 0.25) is 5.02 Å². The molecule has 3 aromatic carbocycles. The van der Waals surface area contributed by atoms with Gasteiger partial charge in [0, 0.05) is 28.5 Å². The summed E-state index contributed by atoms with van der Waals surface area (Å²) in [7, 11) is 0. The highest BCUT2D eigenvalue weighted by atomic mass is 35.5. The fourth-order valence-electron chi connectivity index (χ4n) is 4.07. The van der Waals surface area contributed by atoms with E-state index >= 15 is 0 Å². The third kappa shape index (κ3) is 5.46. The Morgan fingerprint density at radius 1 is 0.943 bits per heavy atom.